The maximum absolute atomic E-state index is 13.5. The van der Waals surface area contributed by atoms with E-state index in [-0.39, 0.29) is 17.2 Å². The third-order valence-corrected chi connectivity index (χ3v) is 4.22. The van der Waals surface area contributed by atoms with E-state index in [2.05, 4.69) is 10.3 Å². The number of aromatic nitrogens is 1. The van der Waals surface area contributed by atoms with Crippen molar-refractivity contribution < 1.29 is 18.0 Å². The first kappa shape index (κ1) is 20.1. The van der Waals surface area contributed by atoms with Gasteiger partial charge in [0.05, 0.1) is 5.56 Å². The van der Waals surface area contributed by atoms with Crippen LogP contribution in [0.15, 0.2) is 84.8 Å². The quantitative estimate of drug-likeness (QED) is 0.428. The molecule has 3 aromatic rings. The minimum atomic E-state index is -4.52. The fourth-order valence-corrected chi connectivity index (χ4v) is 2.92. The van der Waals surface area contributed by atoms with Crippen molar-refractivity contribution in [1.29, 1.82) is 0 Å². The molecule has 0 aliphatic heterocycles. The number of carbonyl (C=O) groups excluding carboxylic acids is 1. The van der Waals surface area contributed by atoms with Crippen LogP contribution in [-0.4, -0.2) is 11.3 Å². The summed E-state index contributed by atoms with van der Waals surface area (Å²) in [6.45, 7) is 1.36. The zero-order valence-electron chi connectivity index (χ0n) is 15.5. The van der Waals surface area contributed by atoms with Crippen molar-refractivity contribution in [3.63, 3.8) is 0 Å². The van der Waals surface area contributed by atoms with Crippen molar-refractivity contribution in [2.45, 2.75) is 13.1 Å². The Hall–Kier alpha value is -3.61. The molecule has 2 aromatic carbocycles. The number of hydrogen-bond donors (Lipinski definition) is 1. The number of nitrogens with zero attached hydrogens (tertiary/aromatic N) is 2. The Balaban J connectivity index is 2.18. The Labute approximate surface area is 166 Å². The molecule has 0 amide bonds. The number of hydrogen-bond acceptors (Lipinski definition) is 4. The van der Waals surface area contributed by atoms with Gasteiger partial charge in [0.15, 0.2) is 0 Å². The van der Waals surface area contributed by atoms with E-state index in [1.54, 1.807) is 42.5 Å². The molecule has 148 valence electrons. The van der Waals surface area contributed by atoms with Crippen molar-refractivity contribution in [2.24, 2.45) is 0 Å². The van der Waals surface area contributed by atoms with Crippen LogP contribution in [0.2, 0.25) is 0 Å². The van der Waals surface area contributed by atoms with Crippen molar-refractivity contribution in [1.82, 2.24) is 4.98 Å². The van der Waals surface area contributed by atoms with Crippen LogP contribution in [0.3, 0.4) is 0 Å². The van der Waals surface area contributed by atoms with E-state index in [0.29, 0.717) is 17.7 Å². The van der Waals surface area contributed by atoms with Gasteiger partial charge in [-0.15, -0.1) is 0 Å². The fourth-order valence-electron chi connectivity index (χ4n) is 2.92. The molecule has 1 heterocycles. The zero-order chi connectivity index (χ0) is 20.9. The largest absolute Gasteiger partial charge is 0.416 e. The van der Waals surface area contributed by atoms with E-state index in [1.807, 2.05) is 18.2 Å². The van der Waals surface area contributed by atoms with Crippen LogP contribution >= 0.6 is 0 Å². The number of rotatable bonds is 6. The summed E-state index contributed by atoms with van der Waals surface area (Å²) in [7, 11) is 0. The lowest BCUT2D eigenvalue weighted by molar-refractivity contribution is -0.138. The summed E-state index contributed by atoms with van der Waals surface area (Å²) in [5.74, 6) is 0.342. The van der Waals surface area contributed by atoms with Gasteiger partial charge in [-0.25, -0.2) is 4.98 Å². The third kappa shape index (κ3) is 4.63. The minimum absolute atomic E-state index is 0.0458. The normalized spacial score (nSPS) is 11.8. The molecular weight excluding hydrogens is 379 g/mol. The molecule has 0 atom stereocenters. The Morgan fingerprint density at radius 2 is 1.62 bits per heavy atom. The number of aldehydes is 1. The number of pyridine rings is 1. The number of halogens is 3. The van der Waals surface area contributed by atoms with Gasteiger partial charge >= 0.3 is 6.18 Å². The standard InChI is InChI=1S/C22H18F3N3O/c1-16-19(22(23,24)25)12-14-26-21(16)28(18-10-6-3-7-11-18)20(13-15-29)27-17-8-4-2-5-9-17/h2-15,27H,1H3/b20-13-. The Bertz CT molecular complexity index is 1000. The molecule has 0 spiro atoms. The van der Waals surface area contributed by atoms with Gasteiger partial charge in [-0.2, -0.15) is 13.2 Å². The highest BCUT2D eigenvalue weighted by atomic mass is 19.4. The van der Waals surface area contributed by atoms with Crippen LogP contribution in [0.4, 0.5) is 30.4 Å². The molecule has 3 rings (SSSR count). The zero-order valence-corrected chi connectivity index (χ0v) is 15.5. The highest BCUT2D eigenvalue weighted by Gasteiger charge is 2.34. The molecule has 0 radical (unpaired) electrons. The second-order valence-electron chi connectivity index (χ2n) is 6.15. The van der Waals surface area contributed by atoms with Gasteiger partial charge < -0.3 is 5.32 Å². The summed E-state index contributed by atoms with van der Waals surface area (Å²) in [6.07, 6.45) is -1.58. The topological polar surface area (TPSA) is 45.2 Å². The lowest BCUT2D eigenvalue weighted by Crippen LogP contribution is -2.25. The summed E-state index contributed by atoms with van der Waals surface area (Å²) < 4.78 is 40.4. The Morgan fingerprint density at radius 3 is 2.21 bits per heavy atom. The predicted octanol–water partition coefficient (Wildman–Crippen LogP) is 5.70. The summed E-state index contributed by atoms with van der Waals surface area (Å²) in [6, 6.07) is 18.7. The highest BCUT2D eigenvalue weighted by molar-refractivity contribution is 5.77. The average Bonchev–Trinajstić information content (AvgIpc) is 2.70. The molecule has 0 fully saturated rings. The molecule has 4 nitrogen and oxygen atoms in total. The van der Waals surface area contributed by atoms with Gasteiger partial charge in [0.25, 0.3) is 0 Å². The van der Waals surface area contributed by atoms with Crippen LogP contribution in [-0.2, 0) is 11.0 Å². The number of alkyl halides is 3. The number of allylic oxidation sites excluding steroid dienone is 1. The van der Waals surface area contributed by atoms with Crippen LogP contribution in [0.25, 0.3) is 0 Å². The number of carbonyl (C=O) groups is 1. The summed E-state index contributed by atoms with van der Waals surface area (Å²) in [4.78, 5) is 17.0. The van der Waals surface area contributed by atoms with E-state index in [0.717, 1.165) is 12.3 Å². The first-order valence-corrected chi connectivity index (χ1v) is 8.77. The molecule has 0 saturated heterocycles. The SMILES string of the molecule is Cc1c(C(F)(F)F)ccnc1N(/C(=C\C=O)Nc1ccccc1)c1ccccc1. The number of nitrogens with one attached hydrogen (secondary N) is 1. The Morgan fingerprint density at radius 1 is 1.00 bits per heavy atom. The first-order valence-electron chi connectivity index (χ1n) is 8.77. The molecule has 7 heteroatoms. The molecule has 1 N–H and O–H groups in total. The van der Waals surface area contributed by atoms with Crippen LogP contribution in [0, 0.1) is 6.92 Å². The van der Waals surface area contributed by atoms with E-state index in [9.17, 15) is 18.0 Å². The third-order valence-electron chi connectivity index (χ3n) is 4.22. The molecule has 0 aliphatic carbocycles. The smallest absolute Gasteiger partial charge is 0.341 e. The van der Waals surface area contributed by atoms with Crippen molar-refractivity contribution in [3.8, 4) is 0 Å². The predicted molar refractivity (Wildman–Crippen MR) is 107 cm³/mol. The van der Waals surface area contributed by atoms with Gasteiger partial charge in [-0.3, -0.25) is 9.69 Å². The monoisotopic (exact) mass is 397 g/mol. The molecule has 0 unspecified atom stereocenters. The summed E-state index contributed by atoms with van der Waals surface area (Å²) in [5.41, 5.74) is 0.397. The summed E-state index contributed by atoms with van der Waals surface area (Å²) in [5, 5.41) is 3.10. The van der Waals surface area contributed by atoms with Gasteiger partial charge in [0.2, 0.25) is 0 Å². The lowest BCUT2D eigenvalue weighted by Gasteiger charge is -2.29. The molecule has 1 aromatic heterocycles. The van der Waals surface area contributed by atoms with E-state index < -0.39 is 11.7 Å². The average molecular weight is 397 g/mol. The molecule has 0 aliphatic rings. The summed E-state index contributed by atoms with van der Waals surface area (Å²) >= 11 is 0. The number of anilines is 3. The maximum atomic E-state index is 13.5. The minimum Gasteiger partial charge on any atom is -0.341 e. The Kier molecular flexibility index (Phi) is 5.97. The van der Waals surface area contributed by atoms with Crippen LogP contribution in [0.1, 0.15) is 11.1 Å². The van der Waals surface area contributed by atoms with Crippen molar-refractivity contribution in [2.75, 3.05) is 10.2 Å². The van der Waals surface area contributed by atoms with Gasteiger partial charge in [-0.1, -0.05) is 36.4 Å². The fraction of sp³-hybridized carbons (Fsp3) is 0.0909. The van der Waals surface area contributed by atoms with E-state index >= 15 is 0 Å². The molecular formula is C22H18F3N3O. The number of para-hydroxylation sites is 2. The van der Waals surface area contributed by atoms with Crippen molar-refractivity contribution in [3.05, 3.63) is 96.0 Å². The van der Waals surface area contributed by atoms with E-state index in [1.165, 1.54) is 17.9 Å². The number of benzene rings is 2. The van der Waals surface area contributed by atoms with Crippen LogP contribution in [0.5, 0.6) is 0 Å². The molecule has 0 bridgehead atoms. The lowest BCUT2D eigenvalue weighted by atomic mass is 10.1. The van der Waals surface area contributed by atoms with Crippen molar-refractivity contribution >= 4 is 23.5 Å². The van der Waals surface area contributed by atoms with Gasteiger partial charge in [-0.05, 0) is 37.3 Å². The highest BCUT2D eigenvalue weighted by Crippen LogP contribution is 2.38. The van der Waals surface area contributed by atoms with Gasteiger partial charge in [0, 0.05) is 29.2 Å². The first-order chi connectivity index (χ1) is 13.9. The van der Waals surface area contributed by atoms with E-state index in [4.69, 9.17) is 0 Å². The second-order valence-corrected chi connectivity index (χ2v) is 6.15. The molecule has 0 saturated carbocycles. The van der Waals surface area contributed by atoms with Crippen LogP contribution < -0.4 is 10.2 Å². The molecule has 29 heavy (non-hydrogen) atoms. The van der Waals surface area contributed by atoms with Gasteiger partial charge in [0.1, 0.15) is 17.9 Å². The second kappa shape index (κ2) is 8.60. The maximum Gasteiger partial charge on any atom is 0.416 e.